The summed E-state index contributed by atoms with van der Waals surface area (Å²) < 4.78 is 0. The molecule has 0 aliphatic heterocycles. The van der Waals surface area contributed by atoms with Crippen molar-refractivity contribution in [3.8, 4) is 0 Å². The maximum Gasteiger partial charge on any atom is 0.0203 e. The van der Waals surface area contributed by atoms with Crippen LogP contribution in [-0.2, 0) is 5.75 Å². The zero-order valence-electron chi connectivity index (χ0n) is 11.7. The van der Waals surface area contributed by atoms with E-state index in [0.717, 1.165) is 11.5 Å². The van der Waals surface area contributed by atoms with E-state index in [0.29, 0.717) is 11.5 Å². The molecule has 0 saturated carbocycles. The molecule has 0 aromatic heterocycles. The molecular weight excluding hydrogens is 226 g/mol. The lowest BCUT2D eigenvalue weighted by Crippen LogP contribution is -2.40. The summed E-state index contributed by atoms with van der Waals surface area (Å²) in [5.41, 5.74) is 3.19. The summed E-state index contributed by atoms with van der Waals surface area (Å²) in [6.45, 7) is 9.07. The highest BCUT2D eigenvalue weighted by Gasteiger charge is 2.22. The van der Waals surface area contributed by atoms with E-state index in [4.69, 9.17) is 0 Å². The predicted octanol–water partition coefficient (Wildman–Crippen LogP) is 3.86. The first-order valence-electron chi connectivity index (χ1n) is 6.24. The standard InChI is InChI=1S/C15H25NS/c1-12-8-6-7-9-13(12)10-17-11-14(16-5)15(2,3)4/h6-9,14,16H,10-11H2,1-5H3. The molecule has 0 fully saturated rings. The summed E-state index contributed by atoms with van der Waals surface area (Å²) in [6, 6.07) is 9.22. The fraction of sp³-hybridized carbons (Fsp3) is 0.600. The zero-order valence-corrected chi connectivity index (χ0v) is 12.5. The number of rotatable bonds is 5. The number of hydrogen-bond donors (Lipinski definition) is 1. The molecule has 2 heteroatoms. The number of thioether (sulfide) groups is 1. The molecule has 1 atom stereocenters. The van der Waals surface area contributed by atoms with Crippen LogP contribution in [-0.4, -0.2) is 18.8 Å². The number of benzene rings is 1. The molecular formula is C15H25NS. The summed E-state index contributed by atoms with van der Waals surface area (Å²) in [7, 11) is 2.06. The molecule has 1 unspecified atom stereocenters. The van der Waals surface area contributed by atoms with E-state index < -0.39 is 0 Å². The van der Waals surface area contributed by atoms with Gasteiger partial charge in [-0.25, -0.2) is 0 Å². The highest BCUT2D eigenvalue weighted by molar-refractivity contribution is 7.98. The van der Waals surface area contributed by atoms with Gasteiger partial charge in [0.1, 0.15) is 0 Å². The quantitative estimate of drug-likeness (QED) is 0.853. The Labute approximate surface area is 110 Å². The Morgan fingerprint density at radius 2 is 1.88 bits per heavy atom. The van der Waals surface area contributed by atoms with Crippen LogP contribution in [0.2, 0.25) is 0 Å². The van der Waals surface area contributed by atoms with Crippen molar-refractivity contribution in [2.45, 2.75) is 39.5 Å². The fourth-order valence-electron chi connectivity index (χ4n) is 1.83. The third-order valence-electron chi connectivity index (χ3n) is 3.20. The van der Waals surface area contributed by atoms with Gasteiger partial charge in [-0.1, -0.05) is 45.0 Å². The molecule has 1 aromatic rings. The van der Waals surface area contributed by atoms with Gasteiger partial charge in [-0.15, -0.1) is 0 Å². The third kappa shape index (κ3) is 4.72. The molecule has 0 saturated heterocycles. The third-order valence-corrected chi connectivity index (χ3v) is 4.28. The van der Waals surface area contributed by atoms with Crippen molar-refractivity contribution in [1.29, 1.82) is 0 Å². The number of aryl methyl sites for hydroxylation is 1. The summed E-state index contributed by atoms with van der Waals surface area (Å²) in [6.07, 6.45) is 0. The Balaban J connectivity index is 2.45. The molecule has 0 aliphatic carbocycles. The molecule has 1 nitrogen and oxygen atoms in total. The first-order chi connectivity index (χ1) is 7.95. The lowest BCUT2D eigenvalue weighted by atomic mass is 9.88. The summed E-state index contributed by atoms with van der Waals surface area (Å²) >= 11 is 2.02. The molecule has 0 spiro atoms. The number of hydrogen-bond acceptors (Lipinski definition) is 2. The van der Waals surface area contributed by atoms with Gasteiger partial charge in [-0.2, -0.15) is 11.8 Å². The average Bonchev–Trinajstić information content (AvgIpc) is 2.25. The highest BCUT2D eigenvalue weighted by atomic mass is 32.2. The predicted molar refractivity (Wildman–Crippen MR) is 79.6 cm³/mol. The Morgan fingerprint density at radius 3 is 2.41 bits per heavy atom. The molecule has 1 N–H and O–H groups in total. The van der Waals surface area contributed by atoms with Crippen molar-refractivity contribution in [1.82, 2.24) is 5.32 Å². The SMILES string of the molecule is CNC(CSCc1ccccc1C)C(C)(C)C. The van der Waals surface area contributed by atoms with Gasteiger partial charge in [0.15, 0.2) is 0 Å². The first-order valence-corrected chi connectivity index (χ1v) is 7.40. The normalized spacial score (nSPS) is 13.7. The van der Waals surface area contributed by atoms with Crippen LogP contribution in [0.4, 0.5) is 0 Å². The van der Waals surface area contributed by atoms with Gasteiger partial charge in [0.25, 0.3) is 0 Å². The van der Waals surface area contributed by atoms with Crippen LogP contribution < -0.4 is 5.32 Å². The van der Waals surface area contributed by atoms with E-state index in [1.54, 1.807) is 0 Å². The van der Waals surface area contributed by atoms with Crippen molar-refractivity contribution in [3.63, 3.8) is 0 Å². The van der Waals surface area contributed by atoms with Crippen molar-refractivity contribution < 1.29 is 0 Å². The van der Waals surface area contributed by atoms with Gasteiger partial charge in [-0.05, 0) is 30.5 Å². The Bertz CT molecular complexity index is 341. The molecule has 0 heterocycles. The largest absolute Gasteiger partial charge is 0.316 e. The second kappa shape index (κ2) is 6.46. The maximum atomic E-state index is 3.42. The molecule has 0 aliphatic rings. The summed E-state index contributed by atoms with van der Waals surface area (Å²) in [4.78, 5) is 0. The van der Waals surface area contributed by atoms with Crippen LogP contribution in [0.25, 0.3) is 0 Å². The van der Waals surface area contributed by atoms with Crippen LogP contribution in [0.15, 0.2) is 24.3 Å². The fourth-order valence-corrected chi connectivity index (χ4v) is 3.39. The Hall–Kier alpha value is -0.470. The van der Waals surface area contributed by atoms with Gasteiger partial charge in [0, 0.05) is 17.5 Å². The van der Waals surface area contributed by atoms with Crippen LogP contribution in [0.1, 0.15) is 31.9 Å². The van der Waals surface area contributed by atoms with E-state index in [9.17, 15) is 0 Å². The Kier molecular flexibility index (Phi) is 5.54. The van der Waals surface area contributed by atoms with Crippen LogP contribution in [0.5, 0.6) is 0 Å². The summed E-state index contributed by atoms with van der Waals surface area (Å²) in [5, 5.41) is 3.42. The lowest BCUT2D eigenvalue weighted by molar-refractivity contribution is 0.305. The molecule has 96 valence electrons. The smallest absolute Gasteiger partial charge is 0.0203 e. The minimum absolute atomic E-state index is 0.327. The maximum absolute atomic E-state index is 3.42. The van der Waals surface area contributed by atoms with Gasteiger partial charge in [0.2, 0.25) is 0 Å². The van der Waals surface area contributed by atoms with Gasteiger partial charge in [-0.3, -0.25) is 0 Å². The second-order valence-corrected chi connectivity index (χ2v) is 6.68. The van der Waals surface area contributed by atoms with E-state index in [2.05, 4.69) is 64.3 Å². The zero-order chi connectivity index (χ0) is 12.9. The van der Waals surface area contributed by atoms with Crippen molar-refractivity contribution in [2.75, 3.05) is 12.8 Å². The molecule has 0 radical (unpaired) electrons. The molecule has 1 aromatic carbocycles. The lowest BCUT2D eigenvalue weighted by Gasteiger charge is -2.30. The van der Waals surface area contributed by atoms with Gasteiger partial charge >= 0.3 is 0 Å². The molecule has 17 heavy (non-hydrogen) atoms. The van der Waals surface area contributed by atoms with E-state index in [1.165, 1.54) is 11.1 Å². The average molecular weight is 251 g/mol. The van der Waals surface area contributed by atoms with Crippen molar-refractivity contribution in [2.24, 2.45) is 5.41 Å². The molecule has 0 bridgehead atoms. The van der Waals surface area contributed by atoms with E-state index >= 15 is 0 Å². The topological polar surface area (TPSA) is 12.0 Å². The minimum Gasteiger partial charge on any atom is -0.316 e. The molecule has 0 amide bonds. The van der Waals surface area contributed by atoms with Crippen LogP contribution in [0.3, 0.4) is 0 Å². The highest BCUT2D eigenvalue weighted by Crippen LogP contribution is 2.24. The first kappa shape index (κ1) is 14.6. The van der Waals surface area contributed by atoms with Crippen molar-refractivity contribution in [3.05, 3.63) is 35.4 Å². The van der Waals surface area contributed by atoms with Crippen LogP contribution >= 0.6 is 11.8 Å². The number of nitrogens with one attached hydrogen (secondary N) is 1. The Morgan fingerprint density at radius 1 is 1.24 bits per heavy atom. The van der Waals surface area contributed by atoms with Crippen LogP contribution in [0, 0.1) is 12.3 Å². The van der Waals surface area contributed by atoms with E-state index in [1.807, 2.05) is 11.8 Å². The van der Waals surface area contributed by atoms with Gasteiger partial charge in [0.05, 0.1) is 0 Å². The second-order valence-electron chi connectivity index (χ2n) is 5.65. The molecule has 1 rings (SSSR count). The van der Waals surface area contributed by atoms with E-state index in [-0.39, 0.29) is 0 Å². The van der Waals surface area contributed by atoms with Gasteiger partial charge < -0.3 is 5.32 Å². The summed E-state index contributed by atoms with van der Waals surface area (Å²) in [5.74, 6) is 2.27. The minimum atomic E-state index is 0.327. The monoisotopic (exact) mass is 251 g/mol. The van der Waals surface area contributed by atoms with Crippen molar-refractivity contribution >= 4 is 11.8 Å².